The van der Waals surface area contributed by atoms with Crippen LogP contribution >= 0.6 is 11.8 Å². The number of aromatic amines is 1. The average molecular weight is 200 g/mol. The fourth-order valence-electron chi connectivity index (χ4n) is 1.43. The van der Waals surface area contributed by atoms with E-state index in [0.29, 0.717) is 6.04 Å². The van der Waals surface area contributed by atoms with Crippen molar-refractivity contribution in [3.63, 3.8) is 0 Å². The van der Waals surface area contributed by atoms with Crippen LogP contribution in [0.25, 0.3) is 0 Å². The Bertz CT molecular complexity index is 314. The second-order valence-electron chi connectivity index (χ2n) is 3.12. The molecule has 1 atom stereocenters. The summed E-state index contributed by atoms with van der Waals surface area (Å²) in [5.74, 6) is 2.28. The molecule has 0 bridgehead atoms. The Hall–Kier alpha value is -0.680. The topological polar surface area (TPSA) is 58.0 Å². The van der Waals surface area contributed by atoms with E-state index >= 15 is 0 Å². The molecule has 2 rings (SSSR count). The van der Waals surface area contributed by atoms with Crippen LogP contribution in [0.5, 0.6) is 0 Å². The van der Waals surface area contributed by atoms with Gasteiger partial charge in [0.15, 0.2) is 0 Å². The largest absolute Gasteiger partial charge is 0.357 e. The molecule has 0 aromatic carbocycles. The van der Waals surface area contributed by atoms with E-state index in [0.717, 1.165) is 24.4 Å². The molecule has 1 aliphatic heterocycles. The highest BCUT2D eigenvalue weighted by molar-refractivity contribution is 7.99. The summed E-state index contributed by atoms with van der Waals surface area (Å²) < 4.78 is 4.59. The molecule has 0 amide bonds. The Balaban J connectivity index is 1.93. The summed E-state index contributed by atoms with van der Waals surface area (Å²) in [6.07, 6.45) is 0.846. The zero-order chi connectivity index (χ0) is 9.10. The molecule has 5 heteroatoms. The van der Waals surface area contributed by atoms with Crippen molar-refractivity contribution in [2.45, 2.75) is 12.5 Å². The number of nitrogens with one attached hydrogen (secondary N) is 2. The second-order valence-corrected chi connectivity index (χ2v) is 4.27. The minimum atomic E-state index is -0.293. The van der Waals surface area contributed by atoms with Crippen molar-refractivity contribution in [2.24, 2.45) is 0 Å². The Morgan fingerprint density at radius 2 is 2.62 bits per heavy atom. The van der Waals surface area contributed by atoms with Crippen LogP contribution in [0.2, 0.25) is 0 Å². The van der Waals surface area contributed by atoms with Gasteiger partial charge in [-0.2, -0.15) is 11.8 Å². The molecule has 0 aliphatic carbocycles. The van der Waals surface area contributed by atoms with Crippen molar-refractivity contribution in [1.29, 1.82) is 0 Å². The van der Waals surface area contributed by atoms with Crippen LogP contribution in [0.4, 0.5) is 0 Å². The summed E-state index contributed by atoms with van der Waals surface area (Å²) in [7, 11) is 0. The maximum absolute atomic E-state index is 10.7. The molecule has 72 valence electrons. The highest BCUT2D eigenvalue weighted by atomic mass is 32.2. The van der Waals surface area contributed by atoms with E-state index in [4.69, 9.17) is 0 Å². The van der Waals surface area contributed by atoms with Gasteiger partial charge in [0, 0.05) is 36.6 Å². The quantitative estimate of drug-likeness (QED) is 0.717. The lowest BCUT2D eigenvalue weighted by atomic mass is 10.2. The van der Waals surface area contributed by atoms with Gasteiger partial charge in [-0.05, 0) is 0 Å². The SMILES string of the molecule is O=c1cc(CC2CSCCN2)[nH]o1. The van der Waals surface area contributed by atoms with Crippen LogP contribution in [-0.4, -0.2) is 29.2 Å². The molecule has 1 aromatic rings. The first-order valence-electron chi connectivity index (χ1n) is 4.33. The van der Waals surface area contributed by atoms with Gasteiger partial charge in [0.05, 0.1) is 5.69 Å². The number of aromatic nitrogens is 1. The van der Waals surface area contributed by atoms with Gasteiger partial charge < -0.3 is 9.84 Å². The minimum Gasteiger partial charge on any atom is -0.339 e. The fraction of sp³-hybridized carbons (Fsp3) is 0.625. The number of H-pyrrole nitrogens is 1. The normalized spacial score (nSPS) is 23.2. The molecule has 2 N–H and O–H groups in total. The maximum Gasteiger partial charge on any atom is 0.357 e. The number of thioether (sulfide) groups is 1. The van der Waals surface area contributed by atoms with E-state index in [2.05, 4.69) is 15.0 Å². The van der Waals surface area contributed by atoms with Crippen LogP contribution in [0, 0.1) is 0 Å². The maximum atomic E-state index is 10.7. The van der Waals surface area contributed by atoms with Gasteiger partial charge in [-0.15, -0.1) is 0 Å². The van der Waals surface area contributed by atoms with Crippen LogP contribution in [0.1, 0.15) is 5.69 Å². The molecule has 0 radical (unpaired) electrons. The Morgan fingerprint density at radius 3 is 3.23 bits per heavy atom. The van der Waals surface area contributed by atoms with Crippen molar-refractivity contribution in [1.82, 2.24) is 10.5 Å². The third-order valence-electron chi connectivity index (χ3n) is 2.04. The summed E-state index contributed by atoms with van der Waals surface area (Å²) in [4.78, 5) is 10.7. The molecule has 1 saturated heterocycles. The monoisotopic (exact) mass is 200 g/mol. The molecular formula is C8H12N2O2S. The molecule has 13 heavy (non-hydrogen) atoms. The zero-order valence-electron chi connectivity index (χ0n) is 7.21. The first-order chi connectivity index (χ1) is 6.34. The van der Waals surface area contributed by atoms with Gasteiger partial charge in [-0.3, -0.25) is 0 Å². The number of hydrogen-bond acceptors (Lipinski definition) is 4. The zero-order valence-corrected chi connectivity index (χ0v) is 8.02. The molecular weight excluding hydrogens is 188 g/mol. The molecule has 0 spiro atoms. The predicted molar refractivity (Wildman–Crippen MR) is 52.1 cm³/mol. The van der Waals surface area contributed by atoms with Crippen LogP contribution in [-0.2, 0) is 6.42 Å². The van der Waals surface area contributed by atoms with Gasteiger partial charge in [0.1, 0.15) is 0 Å². The first kappa shape index (κ1) is 8.90. The standard InChI is InChI=1S/C8H12N2O2S/c11-8-4-6(10-12-8)3-7-5-13-2-1-9-7/h4,7,9-10H,1-3,5H2. The second kappa shape index (κ2) is 4.02. The van der Waals surface area contributed by atoms with E-state index in [1.165, 1.54) is 11.8 Å². The van der Waals surface area contributed by atoms with Gasteiger partial charge in [-0.1, -0.05) is 0 Å². The Kier molecular flexibility index (Phi) is 2.75. The van der Waals surface area contributed by atoms with Crippen molar-refractivity contribution in [3.05, 3.63) is 22.2 Å². The summed E-state index contributed by atoms with van der Waals surface area (Å²) in [6, 6.07) is 1.98. The third kappa shape index (κ3) is 2.38. The van der Waals surface area contributed by atoms with E-state index < -0.39 is 0 Å². The van der Waals surface area contributed by atoms with Crippen molar-refractivity contribution in [2.75, 3.05) is 18.1 Å². The van der Waals surface area contributed by atoms with Gasteiger partial charge in [-0.25, -0.2) is 9.95 Å². The smallest absolute Gasteiger partial charge is 0.339 e. The third-order valence-corrected chi connectivity index (χ3v) is 3.17. The lowest BCUT2D eigenvalue weighted by Crippen LogP contribution is -2.38. The predicted octanol–water partition coefficient (Wildman–Crippen LogP) is 0.215. The van der Waals surface area contributed by atoms with Crippen LogP contribution in [0.15, 0.2) is 15.4 Å². The van der Waals surface area contributed by atoms with Crippen molar-refractivity contribution >= 4 is 11.8 Å². The molecule has 2 heterocycles. The lowest BCUT2D eigenvalue weighted by Gasteiger charge is -2.22. The fourth-order valence-corrected chi connectivity index (χ4v) is 2.38. The number of hydrogen-bond donors (Lipinski definition) is 2. The van der Waals surface area contributed by atoms with Gasteiger partial charge in [0.2, 0.25) is 0 Å². The highest BCUT2D eigenvalue weighted by Gasteiger charge is 2.14. The molecule has 1 aromatic heterocycles. The van der Waals surface area contributed by atoms with E-state index in [1.54, 1.807) is 0 Å². The van der Waals surface area contributed by atoms with Crippen LogP contribution in [0.3, 0.4) is 0 Å². The Labute approximate surface area is 80.1 Å². The summed E-state index contributed by atoms with van der Waals surface area (Å²) in [5.41, 5.74) is 0.587. The first-order valence-corrected chi connectivity index (χ1v) is 5.48. The minimum absolute atomic E-state index is 0.293. The molecule has 0 saturated carbocycles. The van der Waals surface area contributed by atoms with E-state index in [9.17, 15) is 4.79 Å². The van der Waals surface area contributed by atoms with Gasteiger partial charge >= 0.3 is 5.63 Å². The number of rotatable bonds is 2. The highest BCUT2D eigenvalue weighted by Crippen LogP contribution is 2.10. The van der Waals surface area contributed by atoms with Gasteiger partial charge in [0.25, 0.3) is 0 Å². The molecule has 1 unspecified atom stereocenters. The summed E-state index contributed by atoms with van der Waals surface area (Å²) in [6.45, 7) is 1.05. The van der Waals surface area contributed by atoms with E-state index in [1.807, 2.05) is 11.8 Å². The summed E-state index contributed by atoms with van der Waals surface area (Å²) >= 11 is 1.94. The molecule has 4 nitrogen and oxygen atoms in total. The average Bonchev–Trinajstić information content (AvgIpc) is 2.53. The molecule has 1 aliphatic rings. The Morgan fingerprint density at radius 1 is 1.69 bits per heavy atom. The summed E-state index contributed by atoms with van der Waals surface area (Å²) in [5, 5.41) is 6.01. The molecule has 1 fully saturated rings. The van der Waals surface area contributed by atoms with E-state index in [-0.39, 0.29) is 5.63 Å². The van der Waals surface area contributed by atoms with Crippen LogP contribution < -0.4 is 10.9 Å². The lowest BCUT2D eigenvalue weighted by molar-refractivity contribution is 0.381. The van der Waals surface area contributed by atoms with Crippen molar-refractivity contribution in [3.8, 4) is 0 Å². The van der Waals surface area contributed by atoms with Crippen molar-refractivity contribution < 1.29 is 4.52 Å².